The average Bonchev–Trinajstić information content (AvgIpc) is 3.09. The predicted molar refractivity (Wildman–Crippen MR) is 109 cm³/mol. The maximum Gasteiger partial charge on any atom is 0.337 e. The van der Waals surface area contributed by atoms with Crippen LogP contribution in [-0.4, -0.2) is 61.0 Å². The Labute approximate surface area is 170 Å². The van der Waals surface area contributed by atoms with Crippen LogP contribution in [0.15, 0.2) is 30.5 Å². The minimum atomic E-state index is -0.403. The van der Waals surface area contributed by atoms with Gasteiger partial charge in [0.25, 0.3) is 5.91 Å². The van der Waals surface area contributed by atoms with E-state index in [4.69, 9.17) is 9.72 Å². The van der Waals surface area contributed by atoms with Crippen molar-refractivity contribution in [1.82, 2.24) is 14.9 Å². The van der Waals surface area contributed by atoms with Gasteiger partial charge in [0.1, 0.15) is 0 Å². The number of anilines is 1. The van der Waals surface area contributed by atoms with Crippen molar-refractivity contribution in [2.24, 2.45) is 0 Å². The third-order valence-corrected chi connectivity index (χ3v) is 6.04. The summed E-state index contributed by atoms with van der Waals surface area (Å²) in [6.07, 6.45) is 5.89. The summed E-state index contributed by atoms with van der Waals surface area (Å²) >= 11 is 0. The summed E-state index contributed by atoms with van der Waals surface area (Å²) in [6.45, 7) is 1.40. The highest BCUT2D eigenvalue weighted by atomic mass is 16.5. The maximum absolute atomic E-state index is 13.1. The molecule has 2 aromatic rings. The first kappa shape index (κ1) is 19.4. The van der Waals surface area contributed by atoms with Crippen LogP contribution >= 0.6 is 0 Å². The van der Waals surface area contributed by atoms with Gasteiger partial charge in [-0.1, -0.05) is 0 Å². The van der Waals surface area contributed by atoms with Crippen molar-refractivity contribution in [3.05, 3.63) is 52.8 Å². The number of ether oxygens (including phenoxy) is 1. The summed E-state index contributed by atoms with van der Waals surface area (Å²) < 4.78 is 4.73. The maximum atomic E-state index is 13.1. The molecule has 1 aliphatic heterocycles. The number of carbonyl (C=O) groups is 2. The van der Waals surface area contributed by atoms with E-state index in [9.17, 15) is 9.59 Å². The van der Waals surface area contributed by atoms with Crippen LogP contribution < -0.4 is 4.90 Å². The van der Waals surface area contributed by atoms with Gasteiger partial charge in [-0.3, -0.25) is 4.79 Å². The molecule has 7 heteroatoms. The number of methoxy groups -OCH3 is 1. The fourth-order valence-electron chi connectivity index (χ4n) is 4.50. The molecule has 1 aliphatic carbocycles. The second-order valence-electron chi connectivity index (χ2n) is 8.12. The Morgan fingerprint density at radius 3 is 2.55 bits per heavy atom. The molecule has 152 valence electrons. The number of likely N-dealkylation sites (tertiary alicyclic amines) is 1. The number of hydrogen-bond donors (Lipinski definition) is 0. The van der Waals surface area contributed by atoms with Crippen molar-refractivity contribution in [2.75, 3.05) is 39.2 Å². The first-order valence-corrected chi connectivity index (χ1v) is 9.95. The molecule has 1 atom stereocenters. The zero-order chi connectivity index (χ0) is 20.6. The topological polar surface area (TPSA) is 75.6 Å². The van der Waals surface area contributed by atoms with E-state index >= 15 is 0 Å². The van der Waals surface area contributed by atoms with E-state index in [1.54, 1.807) is 24.3 Å². The van der Waals surface area contributed by atoms with Crippen LogP contribution in [0.4, 0.5) is 5.95 Å². The normalized spacial score (nSPS) is 20.4. The molecule has 2 aliphatic rings. The Hall–Kier alpha value is -2.96. The van der Waals surface area contributed by atoms with Crippen LogP contribution in [0.5, 0.6) is 0 Å². The molecule has 4 rings (SSSR count). The monoisotopic (exact) mass is 394 g/mol. The van der Waals surface area contributed by atoms with Gasteiger partial charge in [0.2, 0.25) is 5.95 Å². The zero-order valence-corrected chi connectivity index (χ0v) is 17.1. The third kappa shape index (κ3) is 3.45. The predicted octanol–water partition coefficient (Wildman–Crippen LogP) is 2.45. The summed E-state index contributed by atoms with van der Waals surface area (Å²) in [7, 11) is 5.23. The van der Waals surface area contributed by atoms with Crippen molar-refractivity contribution >= 4 is 17.8 Å². The lowest BCUT2D eigenvalue weighted by molar-refractivity contribution is 0.0597. The van der Waals surface area contributed by atoms with E-state index in [2.05, 4.69) is 4.98 Å². The summed E-state index contributed by atoms with van der Waals surface area (Å²) in [4.78, 5) is 37.9. The highest BCUT2D eigenvalue weighted by molar-refractivity contribution is 5.96. The Bertz CT molecular complexity index is 938. The molecule has 1 fully saturated rings. The number of rotatable bonds is 3. The molecule has 7 nitrogen and oxygen atoms in total. The van der Waals surface area contributed by atoms with Crippen molar-refractivity contribution < 1.29 is 14.3 Å². The van der Waals surface area contributed by atoms with E-state index < -0.39 is 5.97 Å². The van der Waals surface area contributed by atoms with Crippen LogP contribution in [0, 0.1) is 0 Å². The molecule has 1 aromatic carbocycles. The zero-order valence-electron chi connectivity index (χ0n) is 17.1. The molecule has 1 saturated heterocycles. The second-order valence-corrected chi connectivity index (χ2v) is 8.12. The van der Waals surface area contributed by atoms with Crippen molar-refractivity contribution in [1.29, 1.82) is 0 Å². The van der Waals surface area contributed by atoms with Gasteiger partial charge in [-0.25, -0.2) is 14.8 Å². The Kier molecular flexibility index (Phi) is 4.98. The van der Waals surface area contributed by atoms with Gasteiger partial charge in [-0.05, 0) is 55.5 Å². The number of piperidine rings is 1. The van der Waals surface area contributed by atoms with E-state index in [0.29, 0.717) is 23.6 Å². The highest BCUT2D eigenvalue weighted by Gasteiger charge is 2.45. The molecule has 1 amide bonds. The largest absolute Gasteiger partial charge is 0.465 e. The van der Waals surface area contributed by atoms with E-state index in [0.717, 1.165) is 37.9 Å². The van der Waals surface area contributed by atoms with E-state index in [1.807, 2.05) is 30.1 Å². The third-order valence-electron chi connectivity index (χ3n) is 6.04. The van der Waals surface area contributed by atoms with Crippen LogP contribution in [0.25, 0.3) is 0 Å². The number of esters is 1. The summed E-state index contributed by atoms with van der Waals surface area (Å²) in [5.41, 5.74) is 3.24. The van der Waals surface area contributed by atoms with Gasteiger partial charge in [0.15, 0.2) is 0 Å². The van der Waals surface area contributed by atoms with E-state index in [-0.39, 0.29) is 11.3 Å². The lowest BCUT2D eigenvalue weighted by atomic mass is 9.77. The Morgan fingerprint density at radius 2 is 1.86 bits per heavy atom. The number of benzene rings is 1. The minimum Gasteiger partial charge on any atom is -0.465 e. The molecular formula is C22H26N4O3. The van der Waals surface area contributed by atoms with Gasteiger partial charge >= 0.3 is 5.97 Å². The average molecular weight is 394 g/mol. The lowest BCUT2D eigenvalue weighted by Gasteiger charge is -2.40. The van der Waals surface area contributed by atoms with Crippen molar-refractivity contribution in [3.8, 4) is 0 Å². The SMILES string of the molecule is COC(=O)c1ccc(C(=O)N2CCCC3(CCc4cnc(N(C)C)nc43)C2)cc1. The summed E-state index contributed by atoms with van der Waals surface area (Å²) in [5, 5.41) is 0. The first-order chi connectivity index (χ1) is 13.9. The highest BCUT2D eigenvalue weighted by Crippen LogP contribution is 2.44. The summed E-state index contributed by atoms with van der Waals surface area (Å²) in [5.74, 6) is 0.308. The molecule has 0 radical (unpaired) electrons. The number of fused-ring (bicyclic) bond motifs is 2. The smallest absolute Gasteiger partial charge is 0.337 e. The fraction of sp³-hybridized carbons (Fsp3) is 0.455. The Morgan fingerprint density at radius 1 is 1.14 bits per heavy atom. The fourth-order valence-corrected chi connectivity index (χ4v) is 4.50. The van der Waals surface area contributed by atoms with Gasteiger partial charge in [0.05, 0.1) is 18.4 Å². The quantitative estimate of drug-likeness (QED) is 0.745. The van der Waals surface area contributed by atoms with Gasteiger partial charge in [0, 0.05) is 44.4 Å². The van der Waals surface area contributed by atoms with E-state index in [1.165, 1.54) is 12.7 Å². The molecule has 0 saturated carbocycles. The molecule has 0 bridgehead atoms. The number of amides is 1. The molecule has 1 unspecified atom stereocenters. The molecule has 1 spiro atoms. The van der Waals surface area contributed by atoms with Crippen molar-refractivity contribution in [3.63, 3.8) is 0 Å². The van der Waals surface area contributed by atoms with Gasteiger partial charge in [-0.2, -0.15) is 0 Å². The number of nitrogens with zero attached hydrogens (tertiary/aromatic N) is 4. The van der Waals surface area contributed by atoms with Crippen molar-refractivity contribution in [2.45, 2.75) is 31.1 Å². The standard InChI is InChI=1S/C22H26N4O3/c1-25(2)21-23-13-17-9-11-22(18(17)24-21)10-4-12-26(14-22)19(27)15-5-7-16(8-6-15)20(28)29-3/h5-8,13H,4,9-12,14H2,1-3H3. The molecule has 2 heterocycles. The number of carbonyl (C=O) groups excluding carboxylic acids is 2. The first-order valence-electron chi connectivity index (χ1n) is 9.95. The summed E-state index contributed by atoms with van der Waals surface area (Å²) in [6, 6.07) is 6.68. The number of aryl methyl sites for hydroxylation is 1. The minimum absolute atomic E-state index is 0.00386. The second kappa shape index (κ2) is 7.46. The van der Waals surface area contributed by atoms with Gasteiger partial charge in [-0.15, -0.1) is 0 Å². The van der Waals surface area contributed by atoms with Crippen LogP contribution in [0.2, 0.25) is 0 Å². The van der Waals surface area contributed by atoms with Crippen LogP contribution in [-0.2, 0) is 16.6 Å². The van der Waals surface area contributed by atoms with Crippen LogP contribution in [0.3, 0.4) is 0 Å². The Balaban J connectivity index is 1.57. The molecule has 1 aromatic heterocycles. The lowest BCUT2D eigenvalue weighted by Crippen LogP contribution is -2.48. The molecule has 29 heavy (non-hydrogen) atoms. The molecular weight excluding hydrogens is 368 g/mol. The molecule has 0 N–H and O–H groups in total. The number of hydrogen-bond acceptors (Lipinski definition) is 6. The number of aromatic nitrogens is 2. The van der Waals surface area contributed by atoms with Gasteiger partial charge < -0.3 is 14.5 Å². The van der Waals surface area contributed by atoms with Crippen LogP contribution in [0.1, 0.15) is 51.2 Å².